The Balaban J connectivity index is 2.44. The van der Waals surface area contributed by atoms with Crippen molar-refractivity contribution >= 4 is 39.0 Å². The predicted molar refractivity (Wildman–Crippen MR) is 95.0 cm³/mol. The molecule has 0 atom stereocenters. The first kappa shape index (κ1) is 16.7. The van der Waals surface area contributed by atoms with Crippen molar-refractivity contribution in [2.24, 2.45) is 0 Å². The van der Waals surface area contributed by atoms with Gasteiger partial charge in [0.2, 0.25) is 0 Å². The number of nitro groups is 1. The Morgan fingerprint density at radius 3 is 2.61 bits per heavy atom. The first-order valence-corrected chi connectivity index (χ1v) is 7.55. The van der Waals surface area contributed by atoms with Crippen LogP contribution in [0.3, 0.4) is 0 Å². The van der Waals surface area contributed by atoms with Crippen molar-refractivity contribution < 1.29 is 4.92 Å². The first-order valence-electron chi connectivity index (χ1n) is 6.76. The molecule has 116 valence electrons. The molecule has 2 aromatic rings. The van der Waals surface area contributed by atoms with Crippen molar-refractivity contribution in [1.29, 1.82) is 5.26 Å². The number of rotatable bonds is 4. The van der Waals surface area contributed by atoms with E-state index in [4.69, 9.17) is 0 Å². The largest absolute Gasteiger partial charge is 0.377 e. The molecule has 0 N–H and O–H groups in total. The standard InChI is InChI=1S/C17H14BrN3O2/c1-20(2)17-7-6-12(9-16(17)18)8-14(11-19)13-4-3-5-15(10-13)21(22)23/h3-10H,1-2H3/b14-8-. The fraction of sp³-hybridized carbons (Fsp3) is 0.118. The van der Waals surface area contributed by atoms with E-state index in [-0.39, 0.29) is 5.69 Å². The number of halogens is 1. The second-order valence-corrected chi connectivity index (χ2v) is 5.94. The van der Waals surface area contributed by atoms with Crippen molar-refractivity contribution in [2.45, 2.75) is 0 Å². The van der Waals surface area contributed by atoms with Gasteiger partial charge in [0.25, 0.3) is 5.69 Å². The van der Waals surface area contributed by atoms with Gasteiger partial charge >= 0.3 is 0 Å². The number of nitro benzene ring substituents is 1. The fourth-order valence-electron chi connectivity index (χ4n) is 2.11. The van der Waals surface area contributed by atoms with Crippen molar-refractivity contribution in [2.75, 3.05) is 19.0 Å². The van der Waals surface area contributed by atoms with Gasteiger partial charge in [0.1, 0.15) is 0 Å². The zero-order valence-corrected chi connectivity index (χ0v) is 14.2. The molecular formula is C17H14BrN3O2. The summed E-state index contributed by atoms with van der Waals surface area (Å²) in [6, 6.07) is 13.9. The molecule has 2 rings (SSSR count). The third-order valence-corrected chi connectivity index (χ3v) is 3.89. The number of non-ortho nitro benzene ring substituents is 1. The lowest BCUT2D eigenvalue weighted by Gasteiger charge is -2.14. The monoisotopic (exact) mass is 371 g/mol. The minimum atomic E-state index is -0.471. The van der Waals surface area contributed by atoms with Crippen LogP contribution in [0.2, 0.25) is 0 Å². The van der Waals surface area contributed by atoms with Crippen molar-refractivity contribution in [3.8, 4) is 6.07 Å². The van der Waals surface area contributed by atoms with Gasteiger partial charge in [-0.2, -0.15) is 5.26 Å². The highest BCUT2D eigenvalue weighted by molar-refractivity contribution is 9.10. The van der Waals surface area contributed by atoms with Gasteiger partial charge in [-0.25, -0.2) is 0 Å². The molecule has 5 nitrogen and oxygen atoms in total. The second kappa shape index (κ2) is 7.07. The van der Waals surface area contributed by atoms with Crippen molar-refractivity contribution in [1.82, 2.24) is 0 Å². The molecule has 6 heteroatoms. The topological polar surface area (TPSA) is 70.2 Å². The summed E-state index contributed by atoms with van der Waals surface area (Å²) in [5, 5.41) is 20.2. The van der Waals surface area contributed by atoms with E-state index in [1.807, 2.05) is 37.2 Å². The number of hydrogen-bond donors (Lipinski definition) is 0. The Morgan fingerprint density at radius 1 is 1.30 bits per heavy atom. The average Bonchev–Trinajstić information content (AvgIpc) is 2.52. The number of allylic oxidation sites excluding steroid dienone is 1. The molecule has 0 saturated carbocycles. The number of hydrogen-bond acceptors (Lipinski definition) is 4. The van der Waals surface area contributed by atoms with Crippen molar-refractivity contribution in [3.63, 3.8) is 0 Å². The van der Waals surface area contributed by atoms with Gasteiger partial charge in [-0.15, -0.1) is 0 Å². The maximum absolute atomic E-state index is 10.9. The van der Waals surface area contributed by atoms with E-state index < -0.39 is 4.92 Å². The minimum Gasteiger partial charge on any atom is -0.377 e. The number of benzene rings is 2. The van der Waals surface area contributed by atoms with E-state index in [1.165, 1.54) is 12.1 Å². The molecule has 0 heterocycles. The summed E-state index contributed by atoms with van der Waals surface area (Å²) in [7, 11) is 3.89. The zero-order valence-electron chi connectivity index (χ0n) is 12.7. The van der Waals surface area contributed by atoms with Crippen LogP contribution in [0, 0.1) is 21.4 Å². The van der Waals surface area contributed by atoms with Crippen LogP contribution in [0.5, 0.6) is 0 Å². The molecule has 23 heavy (non-hydrogen) atoms. The fourth-order valence-corrected chi connectivity index (χ4v) is 2.86. The SMILES string of the molecule is CN(C)c1ccc(/C=C(/C#N)c2cccc([N+](=O)[O-])c2)cc1Br. The van der Waals surface area contributed by atoms with E-state index >= 15 is 0 Å². The highest BCUT2D eigenvalue weighted by atomic mass is 79.9. The third kappa shape index (κ3) is 3.96. The summed E-state index contributed by atoms with van der Waals surface area (Å²) in [6.45, 7) is 0. The molecule has 0 aliphatic heterocycles. The van der Waals surface area contributed by atoms with E-state index in [9.17, 15) is 15.4 Å². The Bertz CT molecular complexity index is 823. The third-order valence-electron chi connectivity index (χ3n) is 3.25. The average molecular weight is 372 g/mol. The van der Waals surface area contributed by atoms with Crippen LogP contribution in [0.1, 0.15) is 11.1 Å². The molecule has 0 aliphatic carbocycles. The number of anilines is 1. The minimum absolute atomic E-state index is 0.0345. The number of nitrogens with zero attached hydrogens (tertiary/aromatic N) is 3. The Hall–Kier alpha value is -2.65. The summed E-state index contributed by atoms with van der Waals surface area (Å²) in [4.78, 5) is 12.4. The summed E-state index contributed by atoms with van der Waals surface area (Å²) < 4.78 is 0.910. The Labute approximate surface area is 142 Å². The predicted octanol–water partition coefficient (Wildman–Crippen LogP) is 4.49. The summed E-state index contributed by atoms with van der Waals surface area (Å²) >= 11 is 3.50. The Kier molecular flexibility index (Phi) is 5.14. The van der Waals surface area contributed by atoms with Gasteiger partial charge in [0.05, 0.1) is 22.3 Å². The van der Waals surface area contributed by atoms with E-state index in [0.717, 1.165) is 15.7 Å². The van der Waals surface area contributed by atoms with Crippen LogP contribution < -0.4 is 4.90 Å². The van der Waals surface area contributed by atoms with Crippen LogP contribution in [0.4, 0.5) is 11.4 Å². The summed E-state index contributed by atoms with van der Waals surface area (Å²) in [5.74, 6) is 0. The molecule has 0 aliphatic rings. The summed E-state index contributed by atoms with van der Waals surface area (Å²) in [6.07, 6.45) is 1.71. The van der Waals surface area contributed by atoms with Gasteiger partial charge < -0.3 is 4.90 Å². The molecule has 0 spiro atoms. The lowest BCUT2D eigenvalue weighted by molar-refractivity contribution is -0.384. The highest BCUT2D eigenvalue weighted by Crippen LogP contribution is 2.28. The maximum Gasteiger partial charge on any atom is 0.270 e. The molecule has 0 radical (unpaired) electrons. The van der Waals surface area contributed by atoms with Gasteiger partial charge in [-0.1, -0.05) is 18.2 Å². The quantitative estimate of drug-likeness (QED) is 0.343. The van der Waals surface area contributed by atoms with Crippen LogP contribution in [-0.4, -0.2) is 19.0 Å². The van der Waals surface area contributed by atoms with E-state index in [0.29, 0.717) is 11.1 Å². The molecule has 2 aromatic carbocycles. The molecular weight excluding hydrogens is 358 g/mol. The Morgan fingerprint density at radius 2 is 2.04 bits per heavy atom. The highest BCUT2D eigenvalue weighted by Gasteiger charge is 2.09. The first-order chi connectivity index (χ1) is 10.9. The van der Waals surface area contributed by atoms with Gasteiger partial charge in [0, 0.05) is 30.7 Å². The molecule has 0 unspecified atom stereocenters. The van der Waals surface area contributed by atoms with Crippen LogP contribution in [-0.2, 0) is 0 Å². The molecule has 0 amide bonds. The van der Waals surface area contributed by atoms with Crippen LogP contribution in [0.15, 0.2) is 46.9 Å². The lowest BCUT2D eigenvalue weighted by Crippen LogP contribution is -2.09. The molecule has 0 saturated heterocycles. The normalized spacial score (nSPS) is 11.0. The zero-order chi connectivity index (χ0) is 17.0. The van der Waals surface area contributed by atoms with E-state index in [2.05, 4.69) is 22.0 Å². The maximum atomic E-state index is 10.9. The molecule has 0 bridgehead atoms. The molecule has 0 fully saturated rings. The second-order valence-electron chi connectivity index (χ2n) is 5.08. The summed E-state index contributed by atoms with van der Waals surface area (Å²) in [5.41, 5.74) is 2.72. The smallest absolute Gasteiger partial charge is 0.270 e. The van der Waals surface area contributed by atoms with Crippen molar-refractivity contribution in [3.05, 3.63) is 68.2 Å². The van der Waals surface area contributed by atoms with Gasteiger partial charge in [0.15, 0.2) is 0 Å². The lowest BCUT2D eigenvalue weighted by atomic mass is 10.0. The number of nitriles is 1. The van der Waals surface area contributed by atoms with Gasteiger partial charge in [-0.05, 0) is 45.3 Å². The molecule has 0 aromatic heterocycles. The van der Waals surface area contributed by atoms with Gasteiger partial charge in [-0.3, -0.25) is 10.1 Å². The van der Waals surface area contributed by atoms with Crippen LogP contribution in [0.25, 0.3) is 11.6 Å². The van der Waals surface area contributed by atoms with Crippen LogP contribution >= 0.6 is 15.9 Å². The van der Waals surface area contributed by atoms with E-state index in [1.54, 1.807) is 18.2 Å².